The molecule has 144 valence electrons. The van der Waals surface area contributed by atoms with E-state index in [2.05, 4.69) is 82.3 Å². The molecule has 26 heavy (non-hydrogen) atoms. The van der Waals surface area contributed by atoms with Gasteiger partial charge in [0.05, 0.1) is 5.60 Å². The van der Waals surface area contributed by atoms with Gasteiger partial charge in [-0.3, -0.25) is 0 Å². The van der Waals surface area contributed by atoms with Crippen LogP contribution in [0, 0.1) is 11.8 Å². The lowest BCUT2D eigenvalue weighted by atomic mass is 9.65. The van der Waals surface area contributed by atoms with Gasteiger partial charge in [0.1, 0.15) is 0 Å². The lowest BCUT2D eigenvalue weighted by Crippen LogP contribution is -2.38. The molecule has 0 amide bonds. The Kier molecular flexibility index (Phi) is 7.70. The van der Waals surface area contributed by atoms with Gasteiger partial charge < -0.3 is 5.11 Å². The summed E-state index contributed by atoms with van der Waals surface area (Å²) < 4.78 is 0. The van der Waals surface area contributed by atoms with Crippen molar-refractivity contribution in [3.63, 3.8) is 0 Å². The SMILES string of the molecule is CCCCCCC(C)C1(c2ccccc2)C=CC(C(O)(CC)CC)C=C1. The molecule has 0 saturated heterocycles. The highest BCUT2D eigenvalue weighted by Gasteiger charge is 2.38. The molecular weight excluding hydrogens is 316 g/mol. The van der Waals surface area contributed by atoms with Gasteiger partial charge in [0, 0.05) is 11.3 Å². The van der Waals surface area contributed by atoms with Crippen molar-refractivity contribution in [2.24, 2.45) is 11.8 Å². The van der Waals surface area contributed by atoms with Crippen LogP contribution in [-0.2, 0) is 5.41 Å². The molecule has 0 saturated carbocycles. The summed E-state index contributed by atoms with van der Waals surface area (Å²) >= 11 is 0. The standard InChI is InChI=1S/C25H38O/c1-5-8-9-11-14-21(4)24(22-15-12-10-13-16-22)19-17-23(18-20-24)25(26,6-2)7-3/h10,12-13,15-21,23,26H,5-9,11,14H2,1-4H3. The molecule has 0 spiro atoms. The molecule has 0 aromatic heterocycles. The molecule has 1 nitrogen and oxygen atoms in total. The minimum Gasteiger partial charge on any atom is -0.389 e. The van der Waals surface area contributed by atoms with Gasteiger partial charge >= 0.3 is 0 Å². The van der Waals surface area contributed by atoms with E-state index in [-0.39, 0.29) is 11.3 Å². The van der Waals surface area contributed by atoms with Gasteiger partial charge in [-0.25, -0.2) is 0 Å². The second-order valence-corrected chi connectivity index (χ2v) is 8.10. The largest absolute Gasteiger partial charge is 0.389 e. The molecule has 0 radical (unpaired) electrons. The lowest BCUT2D eigenvalue weighted by Gasteiger charge is -2.40. The summed E-state index contributed by atoms with van der Waals surface area (Å²) in [5.74, 6) is 0.660. The van der Waals surface area contributed by atoms with E-state index in [0.29, 0.717) is 5.92 Å². The van der Waals surface area contributed by atoms with Crippen LogP contribution in [0.15, 0.2) is 54.6 Å². The van der Waals surface area contributed by atoms with Gasteiger partial charge in [0.25, 0.3) is 0 Å². The van der Waals surface area contributed by atoms with Crippen LogP contribution in [-0.4, -0.2) is 10.7 Å². The van der Waals surface area contributed by atoms with Crippen molar-refractivity contribution in [1.82, 2.24) is 0 Å². The highest BCUT2D eigenvalue weighted by molar-refractivity contribution is 5.41. The Hall–Kier alpha value is -1.34. The van der Waals surface area contributed by atoms with Crippen molar-refractivity contribution in [1.29, 1.82) is 0 Å². The third kappa shape index (κ3) is 4.49. The summed E-state index contributed by atoms with van der Waals surface area (Å²) in [4.78, 5) is 0. The Morgan fingerprint density at radius 2 is 1.58 bits per heavy atom. The molecular formula is C25H38O. The third-order valence-electron chi connectivity index (χ3n) is 6.58. The van der Waals surface area contributed by atoms with Gasteiger partial charge in [-0.1, -0.05) is 108 Å². The fourth-order valence-electron chi connectivity index (χ4n) is 4.37. The minimum absolute atomic E-state index is 0.0492. The summed E-state index contributed by atoms with van der Waals surface area (Å²) in [6, 6.07) is 10.9. The number of hydrogen-bond acceptors (Lipinski definition) is 1. The van der Waals surface area contributed by atoms with Crippen LogP contribution >= 0.6 is 0 Å². The summed E-state index contributed by atoms with van der Waals surface area (Å²) in [6.45, 7) is 8.82. The van der Waals surface area contributed by atoms with Crippen molar-refractivity contribution in [3.05, 3.63) is 60.2 Å². The van der Waals surface area contributed by atoms with E-state index in [1.54, 1.807) is 0 Å². The normalized spacial score (nSPS) is 24.0. The summed E-state index contributed by atoms with van der Waals surface area (Å²) in [7, 11) is 0. The fourth-order valence-corrected chi connectivity index (χ4v) is 4.37. The average Bonchev–Trinajstić information content (AvgIpc) is 2.71. The van der Waals surface area contributed by atoms with E-state index in [9.17, 15) is 5.11 Å². The summed E-state index contributed by atoms with van der Waals surface area (Å²) in [5.41, 5.74) is 0.692. The molecule has 1 atom stereocenters. The van der Waals surface area contributed by atoms with E-state index in [1.807, 2.05) is 0 Å². The number of hydrogen-bond donors (Lipinski definition) is 1. The second-order valence-electron chi connectivity index (χ2n) is 8.10. The van der Waals surface area contributed by atoms with E-state index < -0.39 is 5.60 Å². The first-order valence-corrected chi connectivity index (χ1v) is 10.7. The fraction of sp³-hybridized carbons (Fsp3) is 0.600. The molecule has 1 aromatic rings. The molecule has 0 aliphatic heterocycles. The van der Waals surface area contributed by atoms with Crippen LogP contribution < -0.4 is 0 Å². The smallest absolute Gasteiger partial charge is 0.0739 e. The van der Waals surface area contributed by atoms with Crippen molar-refractivity contribution >= 4 is 0 Å². The summed E-state index contributed by atoms with van der Waals surface area (Å²) in [5, 5.41) is 10.9. The Morgan fingerprint density at radius 3 is 2.12 bits per heavy atom. The zero-order valence-corrected chi connectivity index (χ0v) is 17.2. The molecule has 1 N–H and O–H groups in total. The molecule has 1 heteroatoms. The summed E-state index contributed by atoms with van der Waals surface area (Å²) in [6.07, 6.45) is 17.3. The molecule has 1 aliphatic rings. The Bertz CT molecular complexity index is 565. The third-order valence-corrected chi connectivity index (χ3v) is 6.58. The maximum absolute atomic E-state index is 10.9. The number of aliphatic hydroxyl groups is 1. The van der Waals surface area contributed by atoms with E-state index in [1.165, 1.54) is 37.7 Å². The van der Waals surface area contributed by atoms with Gasteiger partial charge in [-0.15, -0.1) is 0 Å². The quantitative estimate of drug-likeness (QED) is 0.361. The molecule has 0 fully saturated rings. The van der Waals surface area contributed by atoms with Gasteiger partial charge in [-0.05, 0) is 30.7 Å². The maximum atomic E-state index is 10.9. The van der Waals surface area contributed by atoms with Crippen LogP contribution in [0.3, 0.4) is 0 Å². The molecule has 1 aliphatic carbocycles. The van der Waals surface area contributed by atoms with Gasteiger partial charge in [0.15, 0.2) is 0 Å². The molecule has 1 unspecified atom stereocenters. The van der Waals surface area contributed by atoms with Gasteiger partial charge in [0.2, 0.25) is 0 Å². The van der Waals surface area contributed by atoms with Gasteiger partial charge in [-0.2, -0.15) is 0 Å². The zero-order chi connectivity index (χ0) is 19.0. The first-order valence-electron chi connectivity index (χ1n) is 10.7. The monoisotopic (exact) mass is 354 g/mol. The number of allylic oxidation sites excluding steroid dienone is 2. The number of unbranched alkanes of at least 4 members (excludes halogenated alkanes) is 3. The number of rotatable bonds is 10. The first kappa shape index (κ1) is 21.0. The van der Waals surface area contributed by atoms with Crippen molar-refractivity contribution < 1.29 is 5.11 Å². The van der Waals surface area contributed by atoms with Crippen LogP contribution in [0.4, 0.5) is 0 Å². The maximum Gasteiger partial charge on any atom is 0.0739 e. The van der Waals surface area contributed by atoms with E-state index >= 15 is 0 Å². The molecule has 2 rings (SSSR count). The predicted molar refractivity (Wildman–Crippen MR) is 113 cm³/mol. The Labute approximate surface area is 161 Å². The Morgan fingerprint density at radius 1 is 0.962 bits per heavy atom. The topological polar surface area (TPSA) is 20.2 Å². The van der Waals surface area contributed by atoms with Crippen molar-refractivity contribution in [2.75, 3.05) is 0 Å². The van der Waals surface area contributed by atoms with Crippen LogP contribution in [0.25, 0.3) is 0 Å². The van der Waals surface area contributed by atoms with Crippen LogP contribution in [0.5, 0.6) is 0 Å². The van der Waals surface area contributed by atoms with Crippen molar-refractivity contribution in [2.45, 2.75) is 83.7 Å². The Balaban J connectivity index is 2.26. The lowest BCUT2D eigenvalue weighted by molar-refractivity contribution is 0.00665. The minimum atomic E-state index is -0.625. The first-order chi connectivity index (χ1) is 12.5. The predicted octanol–water partition coefficient (Wildman–Crippen LogP) is 6.82. The second kappa shape index (κ2) is 9.55. The number of benzene rings is 1. The highest BCUT2D eigenvalue weighted by atomic mass is 16.3. The highest BCUT2D eigenvalue weighted by Crippen LogP contribution is 2.43. The molecule has 0 heterocycles. The van der Waals surface area contributed by atoms with Crippen molar-refractivity contribution in [3.8, 4) is 0 Å². The van der Waals surface area contributed by atoms with Crippen LogP contribution in [0.2, 0.25) is 0 Å². The van der Waals surface area contributed by atoms with Crippen LogP contribution in [0.1, 0.15) is 78.2 Å². The zero-order valence-electron chi connectivity index (χ0n) is 17.2. The van der Waals surface area contributed by atoms with E-state index in [4.69, 9.17) is 0 Å². The average molecular weight is 355 g/mol. The van der Waals surface area contributed by atoms with E-state index in [0.717, 1.165) is 12.8 Å². The molecule has 0 bridgehead atoms. The molecule has 1 aromatic carbocycles.